The summed E-state index contributed by atoms with van der Waals surface area (Å²) in [4.78, 5) is 0. The van der Waals surface area contributed by atoms with E-state index in [1.165, 1.54) is 31.2 Å². The zero-order valence-corrected chi connectivity index (χ0v) is 9.70. The Labute approximate surface area is 92.5 Å². The molecule has 0 spiro atoms. The molecule has 0 saturated heterocycles. The van der Waals surface area contributed by atoms with Crippen LogP contribution in [0, 0.1) is 0 Å². The van der Waals surface area contributed by atoms with Crippen molar-refractivity contribution in [1.82, 2.24) is 0 Å². The molecule has 0 atom stereocenters. The van der Waals surface area contributed by atoms with Gasteiger partial charge in [0.25, 0.3) is 0 Å². The summed E-state index contributed by atoms with van der Waals surface area (Å²) in [5, 5.41) is 0. The zero-order valence-electron chi connectivity index (χ0n) is 9.70. The van der Waals surface area contributed by atoms with Crippen LogP contribution < -0.4 is 4.74 Å². The maximum atomic E-state index is 5.91. The standard InChI is InChI=1S/C14H20O/c1-11(2)12-7-9-14(10-8-12)15-13-5-3-4-6-13/h7-11,13H,3-6H2,1-2H3. The van der Waals surface area contributed by atoms with Crippen LogP contribution in [0.25, 0.3) is 0 Å². The van der Waals surface area contributed by atoms with Crippen LogP contribution in [0.2, 0.25) is 0 Å². The fourth-order valence-electron chi connectivity index (χ4n) is 2.13. The van der Waals surface area contributed by atoms with E-state index in [2.05, 4.69) is 38.1 Å². The zero-order chi connectivity index (χ0) is 10.7. The minimum Gasteiger partial charge on any atom is -0.490 e. The number of rotatable bonds is 3. The summed E-state index contributed by atoms with van der Waals surface area (Å²) in [6, 6.07) is 8.56. The Kier molecular flexibility index (Phi) is 3.30. The SMILES string of the molecule is CC(C)c1ccc(OC2CCCC2)cc1. The van der Waals surface area contributed by atoms with E-state index in [4.69, 9.17) is 4.74 Å². The van der Waals surface area contributed by atoms with Crippen LogP contribution in [0.4, 0.5) is 0 Å². The van der Waals surface area contributed by atoms with Gasteiger partial charge in [-0.05, 0) is 49.3 Å². The minimum absolute atomic E-state index is 0.467. The van der Waals surface area contributed by atoms with Gasteiger partial charge in [-0.3, -0.25) is 0 Å². The summed E-state index contributed by atoms with van der Waals surface area (Å²) < 4.78 is 5.91. The second-order valence-corrected chi connectivity index (χ2v) is 4.75. The Balaban J connectivity index is 1.97. The molecule has 1 nitrogen and oxygen atoms in total. The molecular formula is C14H20O. The topological polar surface area (TPSA) is 9.23 Å². The van der Waals surface area contributed by atoms with Crippen molar-refractivity contribution in [2.24, 2.45) is 0 Å². The smallest absolute Gasteiger partial charge is 0.119 e. The first-order valence-electron chi connectivity index (χ1n) is 6.02. The molecule has 1 saturated carbocycles. The molecule has 0 radical (unpaired) electrons. The number of benzene rings is 1. The highest BCUT2D eigenvalue weighted by Gasteiger charge is 2.16. The third-order valence-electron chi connectivity index (χ3n) is 3.15. The van der Waals surface area contributed by atoms with Gasteiger partial charge in [0, 0.05) is 0 Å². The van der Waals surface area contributed by atoms with Crippen LogP contribution in [0.3, 0.4) is 0 Å². The fourth-order valence-corrected chi connectivity index (χ4v) is 2.13. The average Bonchev–Trinajstić information content (AvgIpc) is 2.71. The first-order chi connectivity index (χ1) is 7.25. The first-order valence-corrected chi connectivity index (χ1v) is 6.02. The molecule has 82 valence electrons. The average molecular weight is 204 g/mol. The molecule has 1 aromatic rings. The van der Waals surface area contributed by atoms with Crippen molar-refractivity contribution in [2.75, 3.05) is 0 Å². The lowest BCUT2D eigenvalue weighted by molar-refractivity contribution is 0.210. The molecule has 1 heteroatoms. The molecule has 0 unspecified atom stereocenters. The molecule has 1 fully saturated rings. The molecule has 0 amide bonds. The van der Waals surface area contributed by atoms with Crippen LogP contribution in [0.15, 0.2) is 24.3 Å². The van der Waals surface area contributed by atoms with Gasteiger partial charge in [0.2, 0.25) is 0 Å². The van der Waals surface area contributed by atoms with Crippen molar-refractivity contribution in [1.29, 1.82) is 0 Å². The van der Waals surface area contributed by atoms with Crippen molar-refractivity contribution in [2.45, 2.75) is 51.6 Å². The molecule has 0 aromatic heterocycles. The van der Waals surface area contributed by atoms with Gasteiger partial charge in [-0.2, -0.15) is 0 Å². The van der Waals surface area contributed by atoms with E-state index in [-0.39, 0.29) is 0 Å². The van der Waals surface area contributed by atoms with Crippen molar-refractivity contribution in [3.05, 3.63) is 29.8 Å². The van der Waals surface area contributed by atoms with E-state index in [1.54, 1.807) is 0 Å². The summed E-state index contributed by atoms with van der Waals surface area (Å²) in [7, 11) is 0. The van der Waals surface area contributed by atoms with Gasteiger partial charge in [0.1, 0.15) is 5.75 Å². The van der Waals surface area contributed by atoms with Gasteiger partial charge < -0.3 is 4.74 Å². The lowest BCUT2D eigenvalue weighted by atomic mass is 10.0. The van der Waals surface area contributed by atoms with E-state index in [1.807, 2.05) is 0 Å². The van der Waals surface area contributed by atoms with Crippen LogP contribution in [0.1, 0.15) is 51.0 Å². The Morgan fingerprint density at radius 3 is 2.20 bits per heavy atom. The lowest BCUT2D eigenvalue weighted by Crippen LogP contribution is -2.10. The maximum absolute atomic E-state index is 5.91. The number of hydrogen-bond acceptors (Lipinski definition) is 1. The van der Waals surface area contributed by atoms with E-state index < -0.39 is 0 Å². The Morgan fingerprint density at radius 1 is 1.07 bits per heavy atom. The quantitative estimate of drug-likeness (QED) is 0.719. The highest BCUT2D eigenvalue weighted by Crippen LogP contribution is 2.25. The van der Waals surface area contributed by atoms with Crippen LogP contribution in [-0.2, 0) is 0 Å². The molecule has 0 heterocycles. The molecule has 1 aliphatic carbocycles. The monoisotopic (exact) mass is 204 g/mol. The Morgan fingerprint density at radius 2 is 1.67 bits per heavy atom. The highest BCUT2D eigenvalue weighted by molar-refractivity contribution is 5.29. The van der Waals surface area contributed by atoms with Crippen molar-refractivity contribution < 1.29 is 4.74 Å². The summed E-state index contributed by atoms with van der Waals surface area (Å²) >= 11 is 0. The van der Waals surface area contributed by atoms with Gasteiger partial charge in [0.05, 0.1) is 6.10 Å². The third-order valence-corrected chi connectivity index (χ3v) is 3.15. The molecule has 0 aliphatic heterocycles. The molecule has 1 aromatic carbocycles. The highest BCUT2D eigenvalue weighted by atomic mass is 16.5. The fraction of sp³-hybridized carbons (Fsp3) is 0.571. The van der Waals surface area contributed by atoms with E-state index >= 15 is 0 Å². The maximum Gasteiger partial charge on any atom is 0.119 e. The molecule has 0 N–H and O–H groups in total. The predicted molar refractivity (Wildman–Crippen MR) is 63.4 cm³/mol. The van der Waals surface area contributed by atoms with Gasteiger partial charge in [0.15, 0.2) is 0 Å². The van der Waals surface area contributed by atoms with E-state index in [9.17, 15) is 0 Å². The molecule has 2 rings (SSSR count). The Hall–Kier alpha value is -0.980. The van der Waals surface area contributed by atoms with Gasteiger partial charge in [-0.1, -0.05) is 26.0 Å². The third kappa shape index (κ3) is 2.74. The predicted octanol–water partition coefficient (Wildman–Crippen LogP) is 4.13. The normalized spacial score (nSPS) is 17.3. The van der Waals surface area contributed by atoms with Crippen molar-refractivity contribution in [3.8, 4) is 5.75 Å². The van der Waals surface area contributed by atoms with Crippen LogP contribution in [-0.4, -0.2) is 6.10 Å². The molecular weight excluding hydrogens is 184 g/mol. The Bertz CT molecular complexity index is 294. The summed E-state index contributed by atoms with van der Waals surface area (Å²) in [5.41, 5.74) is 1.38. The summed E-state index contributed by atoms with van der Waals surface area (Å²) in [6.07, 6.45) is 5.58. The van der Waals surface area contributed by atoms with Crippen molar-refractivity contribution >= 4 is 0 Å². The van der Waals surface area contributed by atoms with Crippen molar-refractivity contribution in [3.63, 3.8) is 0 Å². The molecule has 1 aliphatic rings. The van der Waals surface area contributed by atoms with Gasteiger partial charge in [-0.25, -0.2) is 0 Å². The second-order valence-electron chi connectivity index (χ2n) is 4.75. The summed E-state index contributed by atoms with van der Waals surface area (Å²) in [5.74, 6) is 1.64. The lowest BCUT2D eigenvalue weighted by Gasteiger charge is -2.13. The number of ether oxygens (including phenoxy) is 1. The van der Waals surface area contributed by atoms with Gasteiger partial charge >= 0.3 is 0 Å². The van der Waals surface area contributed by atoms with Crippen LogP contribution >= 0.6 is 0 Å². The second kappa shape index (κ2) is 4.69. The first kappa shape index (κ1) is 10.5. The van der Waals surface area contributed by atoms with E-state index in [0.29, 0.717) is 12.0 Å². The summed E-state index contributed by atoms with van der Waals surface area (Å²) in [6.45, 7) is 4.43. The largest absolute Gasteiger partial charge is 0.490 e. The molecule has 15 heavy (non-hydrogen) atoms. The number of hydrogen-bond donors (Lipinski definition) is 0. The molecule has 0 bridgehead atoms. The van der Waals surface area contributed by atoms with Crippen LogP contribution in [0.5, 0.6) is 5.75 Å². The van der Waals surface area contributed by atoms with E-state index in [0.717, 1.165) is 5.75 Å². The van der Waals surface area contributed by atoms with Gasteiger partial charge in [-0.15, -0.1) is 0 Å². The minimum atomic E-state index is 0.467.